The van der Waals surface area contributed by atoms with E-state index in [0.717, 1.165) is 30.4 Å². The molecule has 104 valence electrons. The summed E-state index contributed by atoms with van der Waals surface area (Å²) < 4.78 is 13.9. The van der Waals surface area contributed by atoms with E-state index in [0.29, 0.717) is 17.0 Å². The van der Waals surface area contributed by atoms with Crippen molar-refractivity contribution in [2.24, 2.45) is 17.8 Å². The van der Waals surface area contributed by atoms with Crippen molar-refractivity contribution < 1.29 is 4.39 Å². The van der Waals surface area contributed by atoms with Crippen LogP contribution in [-0.4, -0.2) is 12.6 Å². The molecule has 19 heavy (non-hydrogen) atoms. The first-order chi connectivity index (χ1) is 9.17. The third kappa shape index (κ3) is 2.95. The van der Waals surface area contributed by atoms with Gasteiger partial charge in [0.1, 0.15) is 5.82 Å². The molecule has 1 aromatic rings. The normalized spacial score (nSPS) is 30.2. The molecule has 2 saturated carbocycles. The lowest BCUT2D eigenvalue weighted by molar-refractivity contribution is 0.334. The summed E-state index contributed by atoms with van der Waals surface area (Å²) >= 11 is 5.98. The number of likely N-dealkylation sites (N-methyl/N-ethyl adjacent to an activating group) is 1. The summed E-state index contributed by atoms with van der Waals surface area (Å²) in [5.74, 6) is 2.52. The van der Waals surface area contributed by atoms with Gasteiger partial charge in [-0.1, -0.05) is 18.5 Å². The van der Waals surface area contributed by atoms with Crippen LogP contribution in [0.2, 0.25) is 5.02 Å². The van der Waals surface area contributed by atoms with Crippen LogP contribution in [0.1, 0.15) is 31.7 Å². The number of fused-ring (bicyclic) bond motifs is 1. The maximum absolute atomic E-state index is 13.9. The average molecular weight is 282 g/mol. The molecule has 0 saturated heterocycles. The summed E-state index contributed by atoms with van der Waals surface area (Å²) in [6.07, 6.45) is 4.83. The van der Waals surface area contributed by atoms with Gasteiger partial charge in [-0.15, -0.1) is 0 Å². The molecule has 1 aromatic carbocycles. The smallest absolute Gasteiger partial charge is 0.126 e. The van der Waals surface area contributed by atoms with Crippen LogP contribution < -0.4 is 5.32 Å². The van der Waals surface area contributed by atoms with E-state index < -0.39 is 0 Å². The van der Waals surface area contributed by atoms with Gasteiger partial charge in [-0.2, -0.15) is 0 Å². The Labute approximate surface area is 119 Å². The Kier molecular flexibility index (Phi) is 3.81. The van der Waals surface area contributed by atoms with E-state index in [-0.39, 0.29) is 5.82 Å². The lowest BCUT2D eigenvalue weighted by Gasteiger charge is -2.26. The van der Waals surface area contributed by atoms with Crippen molar-refractivity contribution in [1.29, 1.82) is 0 Å². The van der Waals surface area contributed by atoms with Crippen LogP contribution in [0.3, 0.4) is 0 Å². The molecule has 0 spiro atoms. The van der Waals surface area contributed by atoms with Crippen molar-refractivity contribution in [3.05, 3.63) is 34.6 Å². The highest BCUT2D eigenvalue weighted by Gasteiger charge is 2.47. The third-order valence-corrected chi connectivity index (χ3v) is 5.00. The predicted octanol–water partition coefficient (Wildman–Crippen LogP) is 4.05. The Bertz CT molecular complexity index is 452. The number of hydrogen-bond acceptors (Lipinski definition) is 1. The predicted molar refractivity (Wildman–Crippen MR) is 76.9 cm³/mol. The zero-order valence-electron chi connectivity index (χ0n) is 11.3. The van der Waals surface area contributed by atoms with Crippen LogP contribution in [0, 0.1) is 23.6 Å². The molecule has 2 aliphatic carbocycles. The second-order valence-electron chi connectivity index (χ2n) is 6.09. The average Bonchev–Trinajstić information content (AvgIpc) is 3.00. The van der Waals surface area contributed by atoms with Crippen LogP contribution in [0.5, 0.6) is 0 Å². The highest BCUT2D eigenvalue weighted by atomic mass is 35.5. The fourth-order valence-corrected chi connectivity index (χ4v) is 3.89. The molecule has 0 bridgehead atoms. The molecule has 3 heteroatoms. The summed E-state index contributed by atoms with van der Waals surface area (Å²) in [5, 5.41) is 4.18. The molecule has 1 N–H and O–H groups in total. The van der Waals surface area contributed by atoms with Crippen molar-refractivity contribution in [3.8, 4) is 0 Å². The lowest BCUT2D eigenvalue weighted by Crippen LogP contribution is -2.37. The van der Waals surface area contributed by atoms with Crippen LogP contribution in [-0.2, 0) is 6.42 Å². The van der Waals surface area contributed by atoms with E-state index >= 15 is 0 Å². The minimum Gasteiger partial charge on any atom is -0.314 e. The van der Waals surface area contributed by atoms with Crippen LogP contribution in [0.4, 0.5) is 4.39 Å². The van der Waals surface area contributed by atoms with E-state index in [1.165, 1.54) is 25.3 Å². The standard InChI is InChI=1S/C16H21ClFN/c1-2-19-16(13-6-10-5-11(10)7-13)9-12-8-14(17)3-4-15(12)18/h3-4,8,10-11,13,16,19H,2,5-7,9H2,1H3. The van der Waals surface area contributed by atoms with E-state index in [9.17, 15) is 4.39 Å². The van der Waals surface area contributed by atoms with Crippen LogP contribution in [0.15, 0.2) is 18.2 Å². The molecule has 2 fully saturated rings. The van der Waals surface area contributed by atoms with Gasteiger partial charge >= 0.3 is 0 Å². The van der Waals surface area contributed by atoms with Crippen LogP contribution in [0.25, 0.3) is 0 Å². The molecule has 2 aliphatic rings. The van der Waals surface area contributed by atoms with Gasteiger partial charge in [0.2, 0.25) is 0 Å². The molecule has 0 heterocycles. The quantitative estimate of drug-likeness (QED) is 0.859. The van der Waals surface area contributed by atoms with Gasteiger partial charge in [0.15, 0.2) is 0 Å². The van der Waals surface area contributed by atoms with Gasteiger partial charge in [0.05, 0.1) is 0 Å². The van der Waals surface area contributed by atoms with Gasteiger partial charge < -0.3 is 5.32 Å². The molecule has 1 nitrogen and oxygen atoms in total. The van der Waals surface area contributed by atoms with Gasteiger partial charge in [-0.3, -0.25) is 0 Å². The first-order valence-electron chi connectivity index (χ1n) is 7.34. The van der Waals surface area contributed by atoms with Crippen LogP contribution >= 0.6 is 11.6 Å². The van der Waals surface area contributed by atoms with E-state index in [2.05, 4.69) is 12.2 Å². The first-order valence-corrected chi connectivity index (χ1v) is 7.72. The summed E-state index contributed by atoms with van der Waals surface area (Å²) in [6.45, 7) is 3.07. The lowest BCUT2D eigenvalue weighted by atomic mass is 9.89. The topological polar surface area (TPSA) is 12.0 Å². The number of nitrogens with one attached hydrogen (secondary N) is 1. The van der Waals surface area contributed by atoms with Crippen molar-refractivity contribution >= 4 is 11.6 Å². The van der Waals surface area contributed by atoms with Crippen molar-refractivity contribution in [1.82, 2.24) is 5.32 Å². The molecule has 3 atom stereocenters. The molecule has 0 aliphatic heterocycles. The fourth-order valence-electron chi connectivity index (χ4n) is 3.69. The zero-order chi connectivity index (χ0) is 13.4. The molecule has 3 rings (SSSR count). The van der Waals surface area contributed by atoms with Gasteiger partial charge in [-0.25, -0.2) is 4.39 Å². The maximum Gasteiger partial charge on any atom is 0.126 e. The highest BCUT2D eigenvalue weighted by Crippen LogP contribution is 2.55. The van der Waals surface area contributed by atoms with E-state index in [1.54, 1.807) is 12.1 Å². The highest BCUT2D eigenvalue weighted by molar-refractivity contribution is 6.30. The summed E-state index contributed by atoms with van der Waals surface area (Å²) in [4.78, 5) is 0. The Balaban J connectivity index is 1.71. The van der Waals surface area contributed by atoms with Crippen molar-refractivity contribution in [2.45, 2.75) is 38.6 Å². The molecule has 0 aromatic heterocycles. The third-order valence-electron chi connectivity index (χ3n) is 4.76. The Morgan fingerprint density at radius 3 is 2.74 bits per heavy atom. The number of halogens is 2. The number of rotatable bonds is 5. The Hall–Kier alpha value is -0.600. The van der Waals surface area contributed by atoms with Gasteiger partial charge in [0.25, 0.3) is 0 Å². The maximum atomic E-state index is 13.9. The van der Waals surface area contributed by atoms with E-state index in [1.807, 2.05) is 0 Å². The summed E-state index contributed by atoms with van der Waals surface area (Å²) in [7, 11) is 0. The SMILES string of the molecule is CCNC(Cc1cc(Cl)ccc1F)C1CC2CC2C1. The summed E-state index contributed by atoms with van der Waals surface area (Å²) in [6, 6.07) is 5.27. The Morgan fingerprint density at radius 2 is 2.05 bits per heavy atom. The van der Waals surface area contributed by atoms with Gasteiger partial charge in [-0.05, 0) is 73.7 Å². The minimum absolute atomic E-state index is 0.129. The monoisotopic (exact) mass is 281 g/mol. The van der Waals surface area contributed by atoms with Crippen molar-refractivity contribution in [2.75, 3.05) is 6.54 Å². The number of benzene rings is 1. The second kappa shape index (κ2) is 5.41. The first kappa shape index (κ1) is 13.4. The van der Waals surface area contributed by atoms with Crippen molar-refractivity contribution in [3.63, 3.8) is 0 Å². The number of hydrogen-bond donors (Lipinski definition) is 1. The van der Waals surface area contributed by atoms with E-state index in [4.69, 9.17) is 11.6 Å². The zero-order valence-corrected chi connectivity index (χ0v) is 12.1. The Morgan fingerprint density at radius 1 is 1.32 bits per heavy atom. The molecule has 0 amide bonds. The summed E-state index contributed by atoms with van der Waals surface area (Å²) in [5.41, 5.74) is 0.749. The van der Waals surface area contributed by atoms with Gasteiger partial charge in [0, 0.05) is 11.1 Å². The molecular weight excluding hydrogens is 261 g/mol. The molecule has 0 radical (unpaired) electrons. The molecule has 3 unspecified atom stereocenters. The molecular formula is C16H21ClFN. The minimum atomic E-state index is -0.129. The fraction of sp³-hybridized carbons (Fsp3) is 0.625. The largest absolute Gasteiger partial charge is 0.314 e. The second-order valence-corrected chi connectivity index (χ2v) is 6.53.